The number of aromatic nitrogens is 1. The molecule has 0 fully saturated rings. The van der Waals surface area contributed by atoms with Crippen LogP contribution in [-0.4, -0.2) is 23.7 Å². The summed E-state index contributed by atoms with van der Waals surface area (Å²) in [6.07, 6.45) is 1.59. The van der Waals surface area contributed by atoms with Crippen molar-refractivity contribution in [1.29, 1.82) is 0 Å². The molecule has 0 radical (unpaired) electrons. The van der Waals surface area contributed by atoms with Gasteiger partial charge in [0, 0.05) is 22.7 Å². The fraction of sp³-hybridized carbons (Fsp3) is 0.111. The number of hydrogen-bond acceptors (Lipinski definition) is 3. The maximum absolute atomic E-state index is 12.5. The number of rotatable bonds is 4. The van der Waals surface area contributed by atoms with E-state index in [-0.39, 0.29) is 0 Å². The van der Waals surface area contributed by atoms with Gasteiger partial charge in [0.05, 0.1) is 12.7 Å². The number of nitrogens with one attached hydrogen (secondary N) is 1. The number of aromatic amines is 1. The summed E-state index contributed by atoms with van der Waals surface area (Å²) in [5, 5.41) is 0.770. The van der Waals surface area contributed by atoms with Crippen LogP contribution < -0.4 is 4.74 Å². The molecule has 0 aliphatic carbocycles. The lowest BCUT2D eigenvalue weighted by Gasteiger charge is -2.02. The van der Waals surface area contributed by atoms with Crippen LogP contribution in [0.4, 0.5) is 0 Å². The topological polar surface area (TPSA) is 59.2 Å². The molecule has 0 amide bonds. The molecule has 2 aromatic carbocycles. The highest BCUT2D eigenvalue weighted by atomic mass is 16.5. The smallest absolute Gasteiger partial charge is 0.235 e. The number of methoxy groups -OCH3 is 1. The molecular weight excluding hydrogens is 278 g/mol. The number of H-pyrrole nitrogens is 1. The Labute approximate surface area is 127 Å². The van der Waals surface area contributed by atoms with Crippen molar-refractivity contribution in [2.45, 2.75) is 6.92 Å². The summed E-state index contributed by atoms with van der Waals surface area (Å²) < 4.78 is 5.05. The lowest BCUT2D eigenvalue weighted by Crippen LogP contribution is -2.14. The van der Waals surface area contributed by atoms with Gasteiger partial charge in [0.25, 0.3) is 0 Å². The predicted octanol–water partition coefficient (Wildman–Crippen LogP) is 3.55. The third-order valence-electron chi connectivity index (χ3n) is 3.64. The minimum atomic E-state index is -0.523. The summed E-state index contributed by atoms with van der Waals surface area (Å²) in [7, 11) is 1.55. The Bertz CT molecular complexity index is 860. The second-order valence-electron chi connectivity index (χ2n) is 5.14. The molecule has 0 unspecified atom stereocenters. The molecular formula is C18H15NO3. The molecule has 22 heavy (non-hydrogen) atoms. The van der Waals surface area contributed by atoms with E-state index in [2.05, 4.69) is 4.98 Å². The Morgan fingerprint density at radius 1 is 1.00 bits per heavy atom. The molecule has 4 heteroatoms. The van der Waals surface area contributed by atoms with Crippen LogP contribution >= 0.6 is 0 Å². The third-order valence-corrected chi connectivity index (χ3v) is 3.64. The summed E-state index contributed by atoms with van der Waals surface area (Å²) in [4.78, 5) is 27.9. The van der Waals surface area contributed by atoms with E-state index in [1.807, 2.05) is 25.1 Å². The SMILES string of the molecule is COc1ccc(C(=O)C(=O)c2c[nH]c3ccc(C)cc23)cc1. The molecule has 4 nitrogen and oxygen atoms in total. The molecule has 0 saturated carbocycles. The first-order valence-corrected chi connectivity index (χ1v) is 6.91. The van der Waals surface area contributed by atoms with Gasteiger partial charge in [0.1, 0.15) is 5.75 Å². The molecule has 1 heterocycles. The maximum atomic E-state index is 12.5. The zero-order valence-corrected chi connectivity index (χ0v) is 12.3. The number of benzene rings is 2. The van der Waals surface area contributed by atoms with Gasteiger partial charge >= 0.3 is 0 Å². The van der Waals surface area contributed by atoms with Crippen LogP contribution in [0, 0.1) is 6.92 Å². The quantitative estimate of drug-likeness (QED) is 0.591. The Kier molecular flexibility index (Phi) is 3.51. The molecule has 1 aromatic heterocycles. The van der Waals surface area contributed by atoms with Crippen molar-refractivity contribution in [3.63, 3.8) is 0 Å². The van der Waals surface area contributed by atoms with E-state index in [1.165, 1.54) is 0 Å². The fourth-order valence-corrected chi connectivity index (χ4v) is 2.42. The first-order chi connectivity index (χ1) is 10.6. The van der Waals surface area contributed by atoms with Crippen molar-refractivity contribution in [3.8, 4) is 5.75 Å². The van der Waals surface area contributed by atoms with Gasteiger partial charge in [-0.1, -0.05) is 11.6 Å². The number of hydrogen-bond donors (Lipinski definition) is 1. The summed E-state index contributed by atoms with van der Waals surface area (Å²) in [6, 6.07) is 12.3. The zero-order chi connectivity index (χ0) is 15.7. The Hall–Kier alpha value is -2.88. The van der Waals surface area contributed by atoms with Gasteiger partial charge in [-0.15, -0.1) is 0 Å². The van der Waals surface area contributed by atoms with Crippen LogP contribution in [0.5, 0.6) is 5.75 Å². The van der Waals surface area contributed by atoms with Gasteiger partial charge in [-0.25, -0.2) is 0 Å². The van der Waals surface area contributed by atoms with Crippen LogP contribution in [0.25, 0.3) is 10.9 Å². The lowest BCUT2D eigenvalue weighted by molar-refractivity contribution is 0.0818. The second kappa shape index (κ2) is 5.48. The van der Waals surface area contributed by atoms with Crippen molar-refractivity contribution in [1.82, 2.24) is 4.98 Å². The lowest BCUT2D eigenvalue weighted by atomic mass is 10.0. The summed E-state index contributed by atoms with van der Waals surface area (Å²) >= 11 is 0. The van der Waals surface area contributed by atoms with Crippen LogP contribution in [0.3, 0.4) is 0 Å². The van der Waals surface area contributed by atoms with E-state index in [4.69, 9.17) is 4.74 Å². The minimum absolute atomic E-state index is 0.354. The van der Waals surface area contributed by atoms with Crippen LogP contribution in [-0.2, 0) is 0 Å². The third kappa shape index (κ3) is 2.39. The average Bonchev–Trinajstić information content (AvgIpc) is 2.96. The van der Waals surface area contributed by atoms with Gasteiger partial charge in [0.2, 0.25) is 11.6 Å². The first-order valence-electron chi connectivity index (χ1n) is 6.91. The molecule has 0 atom stereocenters. The van der Waals surface area contributed by atoms with E-state index in [0.29, 0.717) is 16.9 Å². The second-order valence-corrected chi connectivity index (χ2v) is 5.14. The predicted molar refractivity (Wildman–Crippen MR) is 84.7 cm³/mol. The van der Waals surface area contributed by atoms with E-state index >= 15 is 0 Å². The van der Waals surface area contributed by atoms with Crippen LogP contribution in [0.2, 0.25) is 0 Å². The Morgan fingerprint density at radius 2 is 1.73 bits per heavy atom. The van der Waals surface area contributed by atoms with Gasteiger partial charge in [-0.05, 0) is 43.3 Å². The Morgan fingerprint density at radius 3 is 2.41 bits per heavy atom. The molecule has 110 valence electrons. The molecule has 0 aliphatic heterocycles. The normalized spacial score (nSPS) is 10.6. The summed E-state index contributed by atoms with van der Waals surface area (Å²) in [5.41, 5.74) is 2.64. The minimum Gasteiger partial charge on any atom is -0.497 e. The van der Waals surface area contributed by atoms with Crippen LogP contribution in [0.15, 0.2) is 48.7 Å². The number of carbonyl (C=O) groups is 2. The van der Waals surface area contributed by atoms with Gasteiger partial charge in [0.15, 0.2) is 0 Å². The first kappa shape index (κ1) is 14.1. The summed E-state index contributed by atoms with van der Waals surface area (Å²) in [6.45, 7) is 1.95. The largest absolute Gasteiger partial charge is 0.497 e. The number of ether oxygens (including phenoxy) is 1. The van der Waals surface area contributed by atoms with Crippen molar-refractivity contribution in [2.75, 3.05) is 7.11 Å². The average molecular weight is 293 g/mol. The molecule has 0 bridgehead atoms. The highest BCUT2D eigenvalue weighted by Crippen LogP contribution is 2.22. The molecule has 3 rings (SSSR count). The molecule has 0 spiro atoms. The highest BCUT2D eigenvalue weighted by Gasteiger charge is 2.21. The van der Waals surface area contributed by atoms with Crippen molar-refractivity contribution < 1.29 is 14.3 Å². The van der Waals surface area contributed by atoms with E-state index in [0.717, 1.165) is 16.5 Å². The van der Waals surface area contributed by atoms with Crippen LogP contribution in [0.1, 0.15) is 26.3 Å². The molecule has 1 N–H and O–H groups in total. The van der Waals surface area contributed by atoms with Crippen molar-refractivity contribution >= 4 is 22.5 Å². The van der Waals surface area contributed by atoms with E-state index < -0.39 is 11.6 Å². The fourth-order valence-electron chi connectivity index (χ4n) is 2.42. The number of fused-ring (bicyclic) bond motifs is 1. The van der Waals surface area contributed by atoms with Crippen molar-refractivity contribution in [2.24, 2.45) is 0 Å². The van der Waals surface area contributed by atoms with E-state index in [1.54, 1.807) is 37.6 Å². The molecule has 0 aliphatic rings. The monoisotopic (exact) mass is 293 g/mol. The molecule has 0 saturated heterocycles. The maximum Gasteiger partial charge on any atom is 0.235 e. The molecule has 3 aromatic rings. The highest BCUT2D eigenvalue weighted by molar-refractivity contribution is 6.50. The zero-order valence-electron chi connectivity index (χ0n) is 12.3. The summed E-state index contributed by atoms with van der Waals surface area (Å²) in [5.74, 6) is -0.390. The number of ketones is 2. The van der Waals surface area contributed by atoms with E-state index in [9.17, 15) is 9.59 Å². The van der Waals surface area contributed by atoms with Gasteiger partial charge in [-0.3, -0.25) is 9.59 Å². The number of carbonyl (C=O) groups excluding carboxylic acids is 2. The van der Waals surface area contributed by atoms with Crippen molar-refractivity contribution in [3.05, 3.63) is 65.4 Å². The number of aryl methyl sites for hydroxylation is 1. The Balaban J connectivity index is 1.97. The van der Waals surface area contributed by atoms with Gasteiger partial charge in [-0.2, -0.15) is 0 Å². The standard InChI is InChI=1S/C18H15NO3/c1-11-3-8-16-14(9-11)15(10-19-16)18(21)17(20)12-4-6-13(22-2)7-5-12/h3-10,19H,1-2H3. The van der Waals surface area contributed by atoms with Gasteiger partial charge < -0.3 is 9.72 Å². The number of Topliss-reactive ketones (excluding diaryl/α,β-unsaturated/α-hetero) is 2.